The minimum absolute atomic E-state index is 0.240. The van der Waals surface area contributed by atoms with Crippen LogP contribution in [-0.4, -0.2) is 37.8 Å². The van der Waals surface area contributed by atoms with Gasteiger partial charge in [0.15, 0.2) is 5.65 Å². The summed E-state index contributed by atoms with van der Waals surface area (Å²) in [5, 5.41) is 11.8. The monoisotopic (exact) mass is 429 g/mol. The molecule has 0 bridgehead atoms. The zero-order valence-corrected chi connectivity index (χ0v) is 17.4. The number of nitrogens with zero attached hydrogens (tertiary/aromatic N) is 6. The highest BCUT2D eigenvalue weighted by molar-refractivity contribution is 7.51. The number of fused-ring (bicyclic) bond motifs is 1. The van der Waals surface area contributed by atoms with Crippen LogP contribution < -0.4 is 5.32 Å². The number of aromatic nitrogens is 6. The molecule has 11 heteroatoms. The van der Waals surface area contributed by atoms with Crippen molar-refractivity contribution in [1.29, 1.82) is 0 Å². The average molecular weight is 429 g/mol. The van der Waals surface area contributed by atoms with E-state index in [-0.39, 0.29) is 12.4 Å². The van der Waals surface area contributed by atoms with Crippen molar-refractivity contribution >= 4 is 23.2 Å². The van der Waals surface area contributed by atoms with E-state index in [1.165, 1.54) is 6.07 Å². The van der Waals surface area contributed by atoms with Gasteiger partial charge < -0.3 is 5.32 Å². The van der Waals surface area contributed by atoms with E-state index in [1.54, 1.807) is 39.9 Å². The first-order valence-corrected chi connectivity index (χ1v) is 9.78. The van der Waals surface area contributed by atoms with Crippen LogP contribution in [-0.2, 0) is 18.1 Å². The Kier molecular flexibility index (Phi) is 6.62. The van der Waals surface area contributed by atoms with Gasteiger partial charge in [0.25, 0.3) is 0 Å². The highest BCUT2D eigenvalue weighted by atomic mass is 32.1. The molecular weight excluding hydrogens is 409 g/mol. The van der Waals surface area contributed by atoms with Crippen molar-refractivity contribution in [2.24, 2.45) is 0 Å². The third kappa shape index (κ3) is 4.40. The molecule has 0 fully saturated rings. The molecule has 156 valence electrons. The Hall–Kier alpha value is -3.47. The Balaban J connectivity index is 0.000000806. The fourth-order valence-corrected chi connectivity index (χ4v) is 3.04. The van der Waals surface area contributed by atoms with E-state index in [0.29, 0.717) is 28.9 Å². The first-order chi connectivity index (χ1) is 14.5. The molecule has 0 unspecified atom stereocenters. The van der Waals surface area contributed by atoms with Crippen LogP contribution in [0, 0.1) is 12.7 Å². The number of anilines is 1. The molecule has 1 aromatic carbocycles. The van der Waals surface area contributed by atoms with Gasteiger partial charge in [0.1, 0.15) is 11.6 Å². The Morgan fingerprint density at radius 1 is 1.17 bits per heavy atom. The second-order valence-electron chi connectivity index (χ2n) is 6.69. The zero-order chi connectivity index (χ0) is 21.7. The molecule has 0 atom stereocenters. The maximum absolute atomic E-state index is 14.5. The molecule has 30 heavy (non-hydrogen) atoms. The number of nitrogens with one attached hydrogen (secondary N) is 1. The Morgan fingerprint density at radius 2 is 1.93 bits per heavy atom. The SMILES string of the molecule is Cc1nc(NCc2c(F)cccc2-n2cccn2)n2ncc(C(C)C)c2n1.O=S=O. The lowest BCUT2D eigenvalue weighted by Gasteiger charge is -2.13. The first-order valence-electron chi connectivity index (χ1n) is 9.11. The maximum atomic E-state index is 14.5. The summed E-state index contributed by atoms with van der Waals surface area (Å²) in [4.78, 5) is 8.95. The predicted octanol–water partition coefficient (Wildman–Crippen LogP) is 2.82. The molecule has 4 rings (SSSR count). The minimum Gasteiger partial charge on any atom is -0.350 e. The normalized spacial score (nSPS) is 10.7. The van der Waals surface area contributed by atoms with E-state index >= 15 is 0 Å². The van der Waals surface area contributed by atoms with Crippen LogP contribution in [0.5, 0.6) is 0 Å². The zero-order valence-electron chi connectivity index (χ0n) is 16.6. The average Bonchev–Trinajstić information content (AvgIpc) is 3.37. The predicted molar refractivity (Wildman–Crippen MR) is 109 cm³/mol. The quantitative estimate of drug-likeness (QED) is 0.520. The lowest BCUT2D eigenvalue weighted by molar-refractivity contribution is 0.608. The summed E-state index contributed by atoms with van der Waals surface area (Å²) < 4.78 is 34.4. The fourth-order valence-electron chi connectivity index (χ4n) is 3.04. The summed E-state index contributed by atoms with van der Waals surface area (Å²) in [6, 6.07) is 6.75. The van der Waals surface area contributed by atoms with Crippen molar-refractivity contribution < 1.29 is 12.8 Å². The molecule has 0 aliphatic rings. The second-order valence-corrected chi connectivity index (χ2v) is 6.83. The summed E-state index contributed by atoms with van der Waals surface area (Å²) in [6.45, 7) is 6.26. The van der Waals surface area contributed by atoms with Crippen molar-refractivity contribution in [3.8, 4) is 5.69 Å². The third-order valence-corrected chi connectivity index (χ3v) is 4.40. The molecule has 0 radical (unpaired) electrons. The number of halogens is 1. The lowest BCUT2D eigenvalue weighted by atomic mass is 10.1. The van der Waals surface area contributed by atoms with Crippen LogP contribution in [0.4, 0.5) is 10.3 Å². The number of aryl methyl sites for hydroxylation is 1. The Labute approximate surface area is 175 Å². The van der Waals surface area contributed by atoms with E-state index in [2.05, 4.69) is 39.3 Å². The molecule has 0 saturated heterocycles. The molecule has 9 nitrogen and oxygen atoms in total. The van der Waals surface area contributed by atoms with Crippen LogP contribution in [0.1, 0.15) is 36.7 Å². The van der Waals surface area contributed by atoms with E-state index in [1.807, 2.05) is 13.0 Å². The smallest absolute Gasteiger partial charge is 0.335 e. The summed E-state index contributed by atoms with van der Waals surface area (Å²) >= 11 is -0.750. The second kappa shape index (κ2) is 9.35. The number of hydrogen-bond donors (Lipinski definition) is 1. The molecular formula is C19H20FN7O2S. The molecule has 0 spiro atoms. The number of benzene rings is 1. The number of rotatable bonds is 5. The topological polar surface area (TPSA) is 107 Å². The molecule has 0 aliphatic carbocycles. The van der Waals surface area contributed by atoms with E-state index in [4.69, 9.17) is 8.42 Å². The summed E-state index contributed by atoms with van der Waals surface area (Å²) in [5.74, 6) is 1.15. The molecule has 3 aromatic heterocycles. The van der Waals surface area contributed by atoms with E-state index in [9.17, 15) is 4.39 Å². The van der Waals surface area contributed by atoms with Gasteiger partial charge in [-0.2, -0.15) is 28.1 Å². The van der Waals surface area contributed by atoms with Crippen molar-refractivity contribution in [3.63, 3.8) is 0 Å². The molecule has 0 aliphatic heterocycles. The van der Waals surface area contributed by atoms with Gasteiger partial charge in [-0.25, -0.2) is 14.1 Å². The Morgan fingerprint density at radius 3 is 2.60 bits per heavy atom. The van der Waals surface area contributed by atoms with Gasteiger partial charge in [0, 0.05) is 30.1 Å². The van der Waals surface area contributed by atoms with Gasteiger partial charge in [-0.3, -0.25) is 0 Å². The van der Waals surface area contributed by atoms with Crippen molar-refractivity contribution in [3.05, 3.63) is 65.6 Å². The minimum atomic E-state index is -0.750. The van der Waals surface area contributed by atoms with Crippen LogP contribution in [0.25, 0.3) is 11.3 Å². The standard InChI is InChI=1S/C19H20FN7.O2S/c1-12(2)14-11-23-27-18(14)24-13(3)25-19(27)21-10-15-16(20)6-4-7-17(15)26-9-5-8-22-26;1-3-2/h4-9,11-12H,10H2,1-3H3,(H,21,24,25);. The van der Waals surface area contributed by atoms with Crippen LogP contribution in [0.3, 0.4) is 0 Å². The molecule has 4 aromatic rings. The summed E-state index contributed by atoms with van der Waals surface area (Å²) in [5.41, 5.74) is 2.99. The molecule has 0 saturated carbocycles. The van der Waals surface area contributed by atoms with Crippen molar-refractivity contribution in [1.82, 2.24) is 29.4 Å². The highest BCUT2D eigenvalue weighted by Crippen LogP contribution is 2.22. The van der Waals surface area contributed by atoms with Crippen LogP contribution in [0.2, 0.25) is 0 Å². The summed E-state index contributed by atoms with van der Waals surface area (Å²) in [7, 11) is 0. The van der Waals surface area contributed by atoms with Crippen LogP contribution >= 0.6 is 0 Å². The fraction of sp³-hybridized carbons (Fsp3) is 0.263. The third-order valence-electron chi connectivity index (χ3n) is 4.40. The first kappa shape index (κ1) is 21.2. The largest absolute Gasteiger partial charge is 0.350 e. The molecule has 0 amide bonds. The molecule has 1 N–H and O–H groups in total. The lowest BCUT2D eigenvalue weighted by Crippen LogP contribution is -2.13. The highest BCUT2D eigenvalue weighted by Gasteiger charge is 2.15. The van der Waals surface area contributed by atoms with Gasteiger partial charge in [0.05, 0.1) is 11.9 Å². The van der Waals surface area contributed by atoms with Gasteiger partial charge in [-0.15, -0.1) is 0 Å². The summed E-state index contributed by atoms with van der Waals surface area (Å²) in [6.07, 6.45) is 5.25. The molecule has 3 heterocycles. The van der Waals surface area contributed by atoms with Gasteiger partial charge in [-0.1, -0.05) is 19.9 Å². The number of hydrogen-bond acceptors (Lipinski definition) is 7. The maximum Gasteiger partial charge on any atom is 0.335 e. The van der Waals surface area contributed by atoms with E-state index < -0.39 is 11.6 Å². The van der Waals surface area contributed by atoms with Gasteiger partial charge >= 0.3 is 11.6 Å². The van der Waals surface area contributed by atoms with Crippen LogP contribution in [0.15, 0.2) is 42.9 Å². The van der Waals surface area contributed by atoms with Crippen molar-refractivity contribution in [2.45, 2.75) is 33.2 Å². The Bertz CT molecular complexity index is 1190. The van der Waals surface area contributed by atoms with Gasteiger partial charge in [0.2, 0.25) is 5.95 Å². The van der Waals surface area contributed by atoms with E-state index in [0.717, 1.165) is 11.2 Å². The van der Waals surface area contributed by atoms with Gasteiger partial charge in [-0.05, 0) is 31.0 Å². The van der Waals surface area contributed by atoms with Crippen molar-refractivity contribution in [2.75, 3.05) is 5.32 Å².